The summed E-state index contributed by atoms with van der Waals surface area (Å²) in [5.74, 6) is 1.75. The predicted octanol–water partition coefficient (Wildman–Crippen LogP) is 10.4. The van der Waals surface area contributed by atoms with Crippen LogP contribution in [0.1, 0.15) is 0 Å². The van der Waals surface area contributed by atoms with Gasteiger partial charge in [0.25, 0.3) is 0 Å². The third-order valence-corrected chi connectivity index (χ3v) is 9.15. The maximum absolute atomic E-state index is 6.23. The molecular weight excluding hydrogens is 590 g/mol. The van der Waals surface area contributed by atoms with Gasteiger partial charge in [-0.3, -0.25) is 4.98 Å². The monoisotopic (exact) mass is 615 g/mol. The van der Waals surface area contributed by atoms with Crippen molar-refractivity contribution in [2.24, 2.45) is 0 Å². The minimum Gasteiger partial charge on any atom is -0.456 e. The van der Waals surface area contributed by atoms with E-state index < -0.39 is 0 Å². The number of para-hydroxylation sites is 3. The molecule has 0 spiro atoms. The quantitative estimate of drug-likeness (QED) is 0.197. The molecule has 10 aromatic rings. The Morgan fingerprint density at radius 1 is 0.479 bits per heavy atom. The Balaban J connectivity index is 1.27. The molecule has 0 fully saturated rings. The van der Waals surface area contributed by atoms with Crippen LogP contribution in [-0.4, -0.2) is 24.5 Å². The lowest BCUT2D eigenvalue weighted by Gasteiger charge is -2.15. The maximum Gasteiger partial charge on any atom is 0.166 e. The molecule has 6 heteroatoms. The summed E-state index contributed by atoms with van der Waals surface area (Å²) < 4.78 is 8.54. The Morgan fingerprint density at radius 3 is 1.98 bits per heavy atom. The van der Waals surface area contributed by atoms with Gasteiger partial charge in [-0.15, -0.1) is 0 Å². The molecule has 0 bridgehead atoms. The zero-order valence-electron chi connectivity index (χ0n) is 25.6. The molecule has 0 aliphatic carbocycles. The molecule has 0 radical (unpaired) electrons. The summed E-state index contributed by atoms with van der Waals surface area (Å²) in [6.07, 6.45) is 3.59. The molecule has 0 atom stereocenters. The van der Waals surface area contributed by atoms with Gasteiger partial charge in [0.2, 0.25) is 0 Å². The fourth-order valence-electron chi connectivity index (χ4n) is 6.97. The van der Waals surface area contributed by atoms with Crippen LogP contribution >= 0.6 is 0 Å². The number of furan rings is 1. The van der Waals surface area contributed by atoms with Gasteiger partial charge in [-0.25, -0.2) is 15.0 Å². The molecule has 4 heterocycles. The number of rotatable bonds is 4. The lowest BCUT2D eigenvalue weighted by atomic mass is 10.0. The van der Waals surface area contributed by atoms with E-state index in [1.807, 2.05) is 36.5 Å². The highest BCUT2D eigenvalue weighted by atomic mass is 16.3. The van der Waals surface area contributed by atoms with Gasteiger partial charge in [0.15, 0.2) is 17.5 Å². The molecule has 0 N–H and O–H groups in total. The van der Waals surface area contributed by atoms with Crippen LogP contribution in [0.2, 0.25) is 0 Å². The van der Waals surface area contributed by atoms with Crippen LogP contribution in [0.4, 0.5) is 0 Å². The number of nitrogens with zero attached hydrogens (tertiary/aromatic N) is 5. The smallest absolute Gasteiger partial charge is 0.166 e. The highest BCUT2D eigenvalue weighted by molar-refractivity contribution is 6.12. The van der Waals surface area contributed by atoms with E-state index in [0.29, 0.717) is 17.5 Å². The van der Waals surface area contributed by atoms with Crippen molar-refractivity contribution < 1.29 is 4.42 Å². The number of hydrogen-bond donors (Lipinski definition) is 0. The second kappa shape index (κ2) is 10.4. The van der Waals surface area contributed by atoms with Crippen LogP contribution in [0.3, 0.4) is 0 Å². The third-order valence-electron chi connectivity index (χ3n) is 9.15. The van der Waals surface area contributed by atoms with Crippen molar-refractivity contribution in [3.05, 3.63) is 152 Å². The van der Waals surface area contributed by atoms with E-state index in [1.54, 1.807) is 6.20 Å². The fraction of sp³-hybridized carbons (Fsp3) is 0. The van der Waals surface area contributed by atoms with Crippen molar-refractivity contribution in [1.29, 1.82) is 0 Å². The molecular formula is C42H25N5O. The molecule has 0 aliphatic rings. The second-order valence-corrected chi connectivity index (χ2v) is 11.9. The van der Waals surface area contributed by atoms with E-state index in [0.717, 1.165) is 66.1 Å². The van der Waals surface area contributed by atoms with Crippen molar-refractivity contribution in [3.63, 3.8) is 0 Å². The number of hydrogen-bond acceptors (Lipinski definition) is 5. The summed E-state index contributed by atoms with van der Waals surface area (Å²) in [6.45, 7) is 0. The minimum atomic E-state index is 0.567. The van der Waals surface area contributed by atoms with Gasteiger partial charge in [0.1, 0.15) is 11.2 Å². The zero-order valence-corrected chi connectivity index (χ0v) is 25.6. The van der Waals surface area contributed by atoms with E-state index in [9.17, 15) is 0 Å². The summed E-state index contributed by atoms with van der Waals surface area (Å²) in [6, 6.07) is 48.0. The van der Waals surface area contributed by atoms with E-state index in [1.165, 1.54) is 10.8 Å². The first-order valence-electron chi connectivity index (χ1n) is 15.9. The van der Waals surface area contributed by atoms with Crippen LogP contribution in [0.5, 0.6) is 0 Å². The molecule has 4 aromatic heterocycles. The molecule has 224 valence electrons. The number of pyridine rings is 1. The average molecular weight is 616 g/mol. The van der Waals surface area contributed by atoms with Crippen LogP contribution in [0.25, 0.3) is 94.4 Å². The maximum atomic E-state index is 6.23. The lowest BCUT2D eigenvalue weighted by Crippen LogP contribution is -2.03. The van der Waals surface area contributed by atoms with E-state index in [-0.39, 0.29) is 0 Å². The lowest BCUT2D eigenvalue weighted by molar-refractivity contribution is 0.668. The van der Waals surface area contributed by atoms with Gasteiger partial charge in [-0.2, -0.15) is 0 Å². The van der Waals surface area contributed by atoms with Crippen molar-refractivity contribution in [1.82, 2.24) is 24.5 Å². The average Bonchev–Trinajstić information content (AvgIpc) is 3.70. The topological polar surface area (TPSA) is 69.6 Å². The summed E-state index contributed by atoms with van der Waals surface area (Å²) in [4.78, 5) is 20.0. The summed E-state index contributed by atoms with van der Waals surface area (Å²) in [5.41, 5.74) is 7.45. The Morgan fingerprint density at radius 2 is 1.15 bits per heavy atom. The van der Waals surface area contributed by atoms with Crippen LogP contribution < -0.4 is 0 Å². The van der Waals surface area contributed by atoms with Crippen molar-refractivity contribution in [2.45, 2.75) is 0 Å². The van der Waals surface area contributed by atoms with Crippen LogP contribution in [0, 0.1) is 0 Å². The summed E-state index contributed by atoms with van der Waals surface area (Å²) in [7, 11) is 0. The van der Waals surface area contributed by atoms with E-state index in [4.69, 9.17) is 19.4 Å². The molecule has 0 aliphatic heterocycles. The first-order valence-corrected chi connectivity index (χ1v) is 15.9. The van der Waals surface area contributed by atoms with Crippen LogP contribution in [-0.2, 0) is 0 Å². The van der Waals surface area contributed by atoms with Gasteiger partial charge in [-0.1, -0.05) is 97.1 Å². The van der Waals surface area contributed by atoms with Gasteiger partial charge < -0.3 is 8.98 Å². The second-order valence-electron chi connectivity index (χ2n) is 11.9. The SMILES string of the molecule is c1ccc(-n2c3ccccc3c3ccccc32)c(-c2nc(-c3ccc4ccccc4c3)nc(-c3cccc4oc5ccncc5c34)n2)c1. The number of aromatic nitrogens is 5. The minimum absolute atomic E-state index is 0.567. The molecule has 0 unspecified atom stereocenters. The predicted molar refractivity (Wildman–Crippen MR) is 193 cm³/mol. The first-order chi connectivity index (χ1) is 23.8. The zero-order chi connectivity index (χ0) is 31.6. The number of fused-ring (bicyclic) bond motifs is 7. The standard InChI is InChI=1S/C42H25N5O/c1-2-11-27-24-28(21-20-26(27)10-1)40-44-41(46-42(45-40)32-15-9-19-38-39(32)33-25-43-23-22-37(33)48-38)31-14-5-8-18-36(31)47-34-16-6-3-12-29(34)30-13-4-7-17-35(30)47/h1-25H. The highest BCUT2D eigenvalue weighted by Gasteiger charge is 2.21. The first kappa shape index (κ1) is 26.5. The Bertz CT molecular complexity index is 2810. The third kappa shape index (κ3) is 4.06. The molecule has 48 heavy (non-hydrogen) atoms. The molecule has 6 nitrogen and oxygen atoms in total. The van der Waals surface area contributed by atoms with Gasteiger partial charge in [0, 0.05) is 50.6 Å². The fourth-order valence-corrected chi connectivity index (χ4v) is 6.97. The van der Waals surface area contributed by atoms with Crippen molar-refractivity contribution in [2.75, 3.05) is 0 Å². The summed E-state index contributed by atoms with van der Waals surface area (Å²) in [5, 5.41) is 6.53. The normalized spacial score (nSPS) is 11.8. The van der Waals surface area contributed by atoms with Crippen LogP contribution in [0.15, 0.2) is 156 Å². The van der Waals surface area contributed by atoms with Gasteiger partial charge in [0.05, 0.1) is 16.7 Å². The van der Waals surface area contributed by atoms with Gasteiger partial charge >= 0.3 is 0 Å². The summed E-state index contributed by atoms with van der Waals surface area (Å²) >= 11 is 0. The Kier molecular flexibility index (Phi) is 5.77. The molecule has 6 aromatic carbocycles. The Labute approximate surface area is 274 Å². The molecule has 0 amide bonds. The largest absolute Gasteiger partial charge is 0.456 e. The molecule has 10 rings (SSSR count). The van der Waals surface area contributed by atoms with Crippen molar-refractivity contribution >= 4 is 54.5 Å². The molecule has 0 saturated carbocycles. The molecule has 0 saturated heterocycles. The van der Waals surface area contributed by atoms with Gasteiger partial charge in [-0.05, 0) is 53.2 Å². The highest BCUT2D eigenvalue weighted by Crippen LogP contribution is 2.38. The number of benzene rings is 6. The Hall–Kier alpha value is -6.66. The van der Waals surface area contributed by atoms with E-state index >= 15 is 0 Å². The van der Waals surface area contributed by atoms with Crippen molar-refractivity contribution in [3.8, 4) is 39.9 Å². The van der Waals surface area contributed by atoms with E-state index in [2.05, 4.69) is 119 Å².